The Balaban J connectivity index is 1.47. The van der Waals surface area contributed by atoms with E-state index in [1.54, 1.807) is 24.4 Å². The lowest BCUT2D eigenvalue weighted by molar-refractivity contribution is 0.0896. The average Bonchev–Trinajstić information content (AvgIpc) is 3.15. The van der Waals surface area contributed by atoms with Crippen molar-refractivity contribution in [2.24, 2.45) is 5.92 Å². The van der Waals surface area contributed by atoms with Crippen LogP contribution >= 0.6 is 11.6 Å². The zero-order valence-electron chi connectivity index (χ0n) is 13.7. The van der Waals surface area contributed by atoms with Crippen LogP contribution in [-0.2, 0) is 0 Å². The molecular formula is C17H20ClN5O2. The van der Waals surface area contributed by atoms with Gasteiger partial charge in [-0.1, -0.05) is 18.0 Å². The van der Waals surface area contributed by atoms with E-state index in [4.69, 9.17) is 11.6 Å². The maximum absolute atomic E-state index is 12.1. The van der Waals surface area contributed by atoms with Crippen molar-refractivity contribution in [2.75, 3.05) is 6.54 Å². The molecule has 0 bridgehead atoms. The lowest BCUT2D eigenvalue weighted by Gasteiger charge is -2.29. The van der Waals surface area contributed by atoms with Crippen LogP contribution in [0.15, 0.2) is 30.6 Å². The van der Waals surface area contributed by atoms with Gasteiger partial charge in [-0.05, 0) is 43.4 Å². The Morgan fingerprint density at radius 2 is 2.12 bits per heavy atom. The number of amides is 2. The number of carbonyl (C=O) groups is 2. The van der Waals surface area contributed by atoms with Crippen LogP contribution in [0.5, 0.6) is 0 Å². The summed E-state index contributed by atoms with van der Waals surface area (Å²) in [4.78, 5) is 28.2. The topological polar surface area (TPSA) is 99.8 Å². The van der Waals surface area contributed by atoms with Crippen LogP contribution in [0.25, 0.3) is 0 Å². The SMILES string of the molecule is O=C(NC[C@@H]1CCC[C@H](NC(=O)c2ccn[nH]2)C1)c1ccc(Cl)cn1. The Labute approximate surface area is 150 Å². The lowest BCUT2D eigenvalue weighted by atomic mass is 9.85. The van der Waals surface area contributed by atoms with E-state index in [-0.39, 0.29) is 17.9 Å². The minimum absolute atomic E-state index is 0.111. The van der Waals surface area contributed by atoms with E-state index >= 15 is 0 Å². The Bertz CT molecular complexity index is 717. The number of aromatic amines is 1. The van der Waals surface area contributed by atoms with Gasteiger partial charge in [-0.3, -0.25) is 14.7 Å². The van der Waals surface area contributed by atoms with Crippen molar-refractivity contribution in [3.63, 3.8) is 0 Å². The fourth-order valence-corrected chi connectivity index (χ4v) is 3.20. The highest BCUT2D eigenvalue weighted by atomic mass is 35.5. The molecule has 0 aromatic carbocycles. The summed E-state index contributed by atoms with van der Waals surface area (Å²) in [5, 5.41) is 12.9. The smallest absolute Gasteiger partial charge is 0.269 e. The Morgan fingerprint density at radius 1 is 1.24 bits per heavy atom. The number of halogens is 1. The molecule has 2 aromatic rings. The second kappa shape index (κ2) is 8.11. The van der Waals surface area contributed by atoms with E-state index in [2.05, 4.69) is 25.8 Å². The van der Waals surface area contributed by atoms with Gasteiger partial charge >= 0.3 is 0 Å². The van der Waals surface area contributed by atoms with Gasteiger partial charge < -0.3 is 10.6 Å². The normalized spacial score (nSPS) is 20.0. The molecule has 1 fully saturated rings. The van der Waals surface area contributed by atoms with E-state index < -0.39 is 0 Å². The third-order valence-electron chi connectivity index (χ3n) is 4.37. The minimum Gasteiger partial charge on any atom is -0.350 e. The maximum Gasteiger partial charge on any atom is 0.269 e. The molecule has 8 heteroatoms. The Hall–Kier alpha value is -2.41. The number of H-pyrrole nitrogens is 1. The largest absolute Gasteiger partial charge is 0.350 e. The minimum atomic E-state index is -0.208. The van der Waals surface area contributed by atoms with Gasteiger partial charge in [0, 0.05) is 25.0 Å². The van der Waals surface area contributed by atoms with Gasteiger partial charge in [0.05, 0.1) is 5.02 Å². The molecule has 132 valence electrons. The van der Waals surface area contributed by atoms with Crippen LogP contribution < -0.4 is 10.6 Å². The number of hydrogen-bond donors (Lipinski definition) is 3. The van der Waals surface area contributed by atoms with Crippen molar-refractivity contribution in [3.05, 3.63) is 47.0 Å². The number of nitrogens with one attached hydrogen (secondary N) is 3. The molecule has 7 nitrogen and oxygen atoms in total. The van der Waals surface area contributed by atoms with Gasteiger partial charge in [-0.2, -0.15) is 5.10 Å². The molecule has 2 atom stereocenters. The van der Waals surface area contributed by atoms with Crippen molar-refractivity contribution < 1.29 is 9.59 Å². The van der Waals surface area contributed by atoms with E-state index in [0.29, 0.717) is 28.9 Å². The summed E-state index contributed by atoms with van der Waals surface area (Å²) in [6.07, 6.45) is 6.85. The van der Waals surface area contributed by atoms with Crippen LogP contribution in [0.3, 0.4) is 0 Å². The van der Waals surface area contributed by atoms with Crippen molar-refractivity contribution in [1.82, 2.24) is 25.8 Å². The summed E-state index contributed by atoms with van der Waals surface area (Å²) in [5.41, 5.74) is 0.813. The molecule has 2 aromatic heterocycles. The average molecular weight is 362 g/mol. The fourth-order valence-electron chi connectivity index (χ4n) is 3.09. The van der Waals surface area contributed by atoms with Gasteiger partial charge in [0.15, 0.2) is 0 Å². The van der Waals surface area contributed by atoms with E-state index in [0.717, 1.165) is 25.7 Å². The zero-order chi connectivity index (χ0) is 17.6. The predicted molar refractivity (Wildman–Crippen MR) is 93.4 cm³/mol. The van der Waals surface area contributed by atoms with Gasteiger partial charge in [-0.15, -0.1) is 0 Å². The molecule has 2 amide bonds. The molecule has 0 radical (unpaired) electrons. The molecular weight excluding hydrogens is 342 g/mol. The highest BCUT2D eigenvalue weighted by molar-refractivity contribution is 6.30. The first-order chi connectivity index (χ1) is 12.1. The predicted octanol–water partition coefficient (Wildman–Crippen LogP) is 2.18. The van der Waals surface area contributed by atoms with Gasteiger partial charge in [0.25, 0.3) is 11.8 Å². The molecule has 0 unspecified atom stereocenters. The molecule has 0 spiro atoms. The number of nitrogens with zero attached hydrogens (tertiary/aromatic N) is 2. The van der Waals surface area contributed by atoms with Crippen molar-refractivity contribution in [2.45, 2.75) is 31.7 Å². The summed E-state index contributed by atoms with van der Waals surface area (Å²) < 4.78 is 0. The molecule has 3 rings (SSSR count). The van der Waals surface area contributed by atoms with Gasteiger partial charge in [0.2, 0.25) is 0 Å². The molecule has 0 aliphatic heterocycles. The summed E-state index contributed by atoms with van der Waals surface area (Å²) in [6.45, 7) is 0.569. The molecule has 2 heterocycles. The molecule has 1 aliphatic rings. The van der Waals surface area contributed by atoms with Crippen LogP contribution in [0.4, 0.5) is 0 Å². The van der Waals surface area contributed by atoms with Crippen molar-refractivity contribution in [3.8, 4) is 0 Å². The molecule has 25 heavy (non-hydrogen) atoms. The standard InChI is InChI=1S/C17H20ClN5O2/c18-12-4-5-14(19-10-12)16(24)20-9-11-2-1-3-13(8-11)22-17(25)15-6-7-21-23-15/h4-7,10-11,13H,1-3,8-9H2,(H,20,24)(H,21,23)(H,22,25)/t11-,13+/m1/s1. The Morgan fingerprint density at radius 3 is 2.84 bits per heavy atom. The van der Waals surface area contributed by atoms with Gasteiger partial charge in [-0.25, -0.2) is 4.98 Å². The highest BCUT2D eigenvalue weighted by Gasteiger charge is 2.24. The number of carbonyl (C=O) groups excluding carboxylic acids is 2. The summed E-state index contributed by atoms with van der Waals surface area (Å²) in [5.74, 6) is -0.0186. The first-order valence-corrected chi connectivity index (χ1v) is 8.69. The van der Waals surface area contributed by atoms with Crippen molar-refractivity contribution in [1.29, 1.82) is 0 Å². The monoisotopic (exact) mass is 361 g/mol. The zero-order valence-corrected chi connectivity index (χ0v) is 14.4. The summed E-state index contributed by atoms with van der Waals surface area (Å²) in [7, 11) is 0. The summed E-state index contributed by atoms with van der Waals surface area (Å²) in [6, 6.07) is 5.01. The quantitative estimate of drug-likeness (QED) is 0.759. The van der Waals surface area contributed by atoms with Gasteiger partial charge in [0.1, 0.15) is 11.4 Å². The number of pyridine rings is 1. The van der Waals surface area contributed by atoms with E-state index in [1.165, 1.54) is 6.20 Å². The molecule has 0 saturated heterocycles. The van der Waals surface area contributed by atoms with Crippen molar-refractivity contribution >= 4 is 23.4 Å². The molecule has 1 saturated carbocycles. The van der Waals surface area contributed by atoms with Crippen LogP contribution in [0.1, 0.15) is 46.7 Å². The Kier molecular flexibility index (Phi) is 5.65. The second-order valence-corrected chi connectivity index (χ2v) is 6.68. The van der Waals surface area contributed by atoms with E-state index in [9.17, 15) is 9.59 Å². The number of hydrogen-bond acceptors (Lipinski definition) is 4. The molecule has 3 N–H and O–H groups in total. The first kappa shape index (κ1) is 17.4. The second-order valence-electron chi connectivity index (χ2n) is 6.25. The third kappa shape index (κ3) is 4.79. The highest BCUT2D eigenvalue weighted by Crippen LogP contribution is 2.24. The fraction of sp³-hybridized carbons (Fsp3) is 0.412. The maximum atomic E-state index is 12.1. The summed E-state index contributed by atoms with van der Waals surface area (Å²) >= 11 is 5.77. The van der Waals surface area contributed by atoms with Crippen LogP contribution in [0.2, 0.25) is 5.02 Å². The lowest BCUT2D eigenvalue weighted by Crippen LogP contribution is -2.41. The third-order valence-corrected chi connectivity index (χ3v) is 4.60. The van der Waals surface area contributed by atoms with E-state index in [1.807, 2.05) is 0 Å². The molecule has 1 aliphatic carbocycles. The van der Waals surface area contributed by atoms with Crippen LogP contribution in [-0.4, -0.2) is 39.6 Å². The number of rotatable bonds is 5. The van der Waals surface area contributed by atoms with Crippen LogP contribution in [0, 0.1) is 5.92 Å². The number of aromatic nitrogens is 3. The first-order valence-electron chi connectivity index (χ1n) is 8.32.